The van der Waals surface area contributed by atoms with Crippen LogP contribution in [0.4, 0.5) is 0 Å². The lowest BCUT2D eigenvalue weighted by Crippen LogP contribution is -2.50. The Morgan fingerprint density at radius 1 is 0.963 bits per heavy atom. The molecule has 1 aromatic rings. The summed E-state index contributed by atoms with van der Waals surface area (Å²) in [6, 6.07) is 7.69. The first-order valence-corrected chi connectivity index (χ1v) is 10.00. The highest BCUT2D eigenvalue weighted by Gasteiger charge is 2.42. The molecule has 1 aromatic carbocycles. The van der Waals surface area contributed by atoms with E-state index in [1.807, 2.05) is 41.0 Å². The van der Waals surface area contributed by atoms with Crippen molar-refractivity contribution in [3.63, 3.8) is 0 Å². The van der Waals surface area contributed by atoms with Crippen LogP contribution in [0.2, 0.25) is 0 Å². The predicted octanol–water partition coefficient (Wildman–Crippen LogP) is 2.21. The highest BCUT2D eigenvalue weighted by molar-refractivity contribution is 5.95. The molecular formula is C21H28N2O4. The smallest absolute Gasteiger partial charge is 0.254 e. The van der Waals surface area contributed by atoms with Crippen LogP contribution >= 0.6 is 0 Å². The second-order valence-electron chi connectivity index (χ2n) is 7.81. The number of aryl methyl sites for hydroxylation is 1. The van der Waals surface area contributed by atoms with Crippen molar-refractivity contribution in [2.45, 2.75) is 38.4 Å². The average molecular weight is 372 g/mol. The highest BCUT2D eigenvalue weighted by atomic mass is 16.7. The van der Waals surface area contributed by atoms with Crippen molar-refractivity contribution in [1.29, 1.82) is 0 Å². The molecule has 146 valence electrons. The van der Waals surface area contributed by atoms with Crippen LogP contribution in [0, 0.1) is 12.8 Å². The van der Waals surface area contributed by atoms with Gasteiger partial charge in [0, 0.05) is 50.5 Å². The van der Waals surface area contributed by atoms with E-state index in [1.54, 1.807) is 0 Å². The molecule has 6 nitrogen and oxygen atoms in total. The van der Waals surface area contributed by atoms with Gasteiger partial charge in [0.05, 0.1) is 13.2 Å². The van der Waals surface area contributed by atoms with Gasteiger partial charge in [0.1, 0.15) is 0 Å². The predicted molar refractivity (Wildman–Crippen MR) is 100 cm³/mol. The van der Waals surface area contributed by atoms with Gasteiger partial charge in [0.15, 0.2) is 5.79 Å². The van der Waals surface area contributed by atoms with Crippen molar-refractivity contribution in [1.82, 2.24) is 9.80 Å². The number of amides is 2. The summed E-state index contributed by atoms with van der Waals surface area (Å²) in [5.74, 6) is -0.120. The summed E-state index contributed by atoms with van der Waals surface area (Å²) in [6.45, 7) is 5.95. The number of carbonyl (C=O) groups excluding carboxylic acids is 2. The maximum Gasteiger partial charge on any atom is 0.254 e. The first-order chi connectivity index (χ1) is 13.1. The Labute approximate surface area is 160 Å². The number of hydrogen-bond acceptors (Lipinski definition) is 4. The fraction of sp³-hybridized carbons (Fsp3) is 0.619. The van der Waals surface area contributed by atoms with E-state index in [0.717, 1.165) is 36.8 Å². The van der Waals surface area contributed by atoms with E-state index in [-0.39, 0.29) is 17.7 Å². The number of carbonyl (C=O) groups is 2. The normalized spacial score (nSPS) is 23.0. The molecule has 0 atom stereocenters. The van der Waals surface area contributed by atoms with Crippen LogP contribution in [0.1, 0.15) is 41.6 Å². The van der Waals surface area contributed by atoms with Crippen molar-refractivity contribution in [3.05, 3.63) is 35.4 Å². The summed E-state index contributed by atoms with van der Waals surface area (Å²) in [5, 5.41) is 0. The molecule has 0 bridgehead atoms. The summed E-state index contributed by atoms with van der Waals surface area (Å²) in [5.41, 5.74) is 1.76. The van der Waals surface area contributed by atoms with Crippen LogP contribution in [0.25, 0.3) is 0 Å². The molecule has 0 unspecified atom stereocenters. The monoisotopic (exact) mass is 372 g/mol. The van der Waals surface area contributed by atoms with E-state index in [4.69, 9.17) is 9.47 Å². The summed E-state index contributed by atoms with van der Waals surface area (Å²) in [6.07, 6.45) is 2.99. The maximum absolute atomic E-state index is 12.9. The van der Waals surface area contributed by atoms with Gasteiger partial charge in [0.2, 0.25) is 5.91 Å². The van der Waals surface area contributed by atoms with Crippen molar-refractivity contribution < 1.29 is 19.1 Å². The highest BCUT2D eigenvalue weighted by Crippen LogP contribution is 2.32. The van der Waals surface area contributed by atoms with Crippen LogP contribution in [0.5, 0.6) is 0 Å². The molecule has 0 saturated carbocycles. The number of benzene rings is 1. The van der Waals surface area contributed by atoms with Crippen molar-refractivity contribution >= 4 is 11.8 Å². The molecule has 3 aliphatic rings. The fourth-order valence-corrected chi connectivity index (χ4v) is 4.42. The van der Waals surface area contributed by atoms with E-state index in [1.165, 1.54) is 0 Å². The Kier molecular flexibility index (Phi) is 5.19. The Bertz CT molecular complexity index is 696. The maximum atomic E-state index is 12.9. The van der Waals surface area contributed by atoms with Gasteiger partial charge in [-0.25, -0.2) is 0 Å². The van der Waals surface area contributed by atoms with E-state index < -0.39 is 5.79 Å². The first-order valence-electron chi connectivity index (χ1n) is 10.00. The van der Waals surface area contributed by atoms with Crippen LogP contribution in [0.3, 0.4) is 0 Å². The number of ether oxygens (including phenoxy) is 2. The minimum atomic E-state index is -0.444. The number of hydrogen-bond donors (Lipinski definition) is 0. The zero-order chi connectivity index (χ0) is 18.9. The SMILES string of the molecule is Cc1ccccc1C(=O)N1CCC(C(=O)N2CCC3(CC2)OCCO3)CC1. The van der Waals surface area contributed by atoms with Gasteiger partial charge in [-0.15, -0.1) is 0 Å². The summed E-state index contributed by atoms with van der Waals surface area (Å²) >= 11 is 0. The molecule has 6 heteroatoms. The zero-order valence-electron chi connectivity index (χ0n) is 16.0. The van der Waals surface area contributed by atoms with Crippen molar-refractivity contribution in [3.8, 4) is 0 Å². The Balaban J connectivity index is 1.29. The summed E-state index contributed by atoms with van der Waals surface area (Å²) in [4.78, 5) is 29.5. The van der Waals surface area contributed by atoms with Gasteiger partial charge in [-0.2, -0.15) is 0 Å². The molecule has 27 heavy (non-hydrogen) atoms. The Hall–Kier alpha value is -1.92. The van der Waals surface area contributed by atoms with E-state index >= 15 is 0 Å². The van der Waals surface area contributed by atoms with Crippen LogP contribution in [0.15, 0.2) is 24.3 Å². The molecular weight excluding hydrogens is 344 g/mol. The summed E-state index contributed by atoms with van der Waals surface area (Å²) < 4.78 is 11.5. The second-order valence-corrected chi connectivity index (χ2v) is 7.81. The molecule has 3 fully saturated rings. The van der Waals surface area contributed by atoms with Gasteiger partial charge >= 0.3 is 0 Å². The summed E-state index contributed by atoms with van der Waals surface area (Å²) in [7, 11) is 0. The number of nitrogens with zero attached hydrogens (tertiary/aromatic N) is 2. The fourth-order valence-electron chi connectivity index (χ4n) is 4.42. The molecule has 0 aliphatic carbocycles. The Morgan fingerprint density at radius 3 is 2.22 bits per heavy atom. The molecule has 3 saturated heterocycles. The second kappa shape index (κ2) is 7.60. The number of rotatable bonds is 2. The molecule has 3 heterocycles. The minimum Gasteiger partial charge on any atom is -0.347 e. The van der Waals surface area contributed by atoms with Gasteiger partial charge in [0.25, 0.3) is 5.91 Å². The molecule has 3 aliphatic heterocycles. The lowest BCUT2D eigenvalue weighted by molar-refractivity contribution is -0.188. The van der Waals surface area contributed by atoms with E-state index in [2.05, 4.69) is 0 Å². The number of piperidine rings is 2. The van der Waals surface area contributed by atoms with Crippen molar-refractivity contribution in [2.24, 2.45) is 5.92 Å². The van der Waals surface area contributed by atoms with E-state index in [9.17, 15) is 9.59 Å². The minimum absolute atomic E-state index is 0.0189. The molecule has 4 rings (SSSR count). The molecule has 0 N–H and O–H groups in total. The third-order valence-electron chi connectivity index (χ3n) is 6.16. The largest absolute Gasteiger partial charge is 0.347 e. The first kappa shape index (κ1) is 18.4. The number of likely N-dealkylation sites (tertiary alicyclic amines) is 2. The third kappa shape index (κ3) is 3.73. The molecule has 1 spiro atoms. The molecule has 0 radical (unpaired) electrons. The third-order valence-corrected chi connectivity index (χ3v) is 6.16. The van der Waals surface area contributed by atoms with Crippen molar-refractivity contribution in [2.75, 3.05) is 39.4 Å². The zero-order valence-corrected chi connectivity index (χ0v) is 16.0. The Morgan fingerprint density at radius 2 is 1.59 bits per heavy atom. The van der Waals surface area contributed by atoms with Crippen LogP contribution < -0.4 is 0 Å². The van der Waals surface area contributed by atoms with Crippen LogP contribution in [-0.2, 0) is 14.3 Å². The lowest BCUT2D eigenvalue weighted by atomic mass is 9.93. The van der Waals surface area contributed by atoms with Gasteiger partial charge in [-0.05, 0) is 31.4 Å². The van der Waals surface area contributed by atoms with Gasteiger partial charge < -0.3 is 19.3 Å². The van der Waals surface area contributed by atoms with Gasteiger partial charge in [-0.3, -0.25) is 9.59 Å². The van der Waals surface area contributed by atoms with E-state index in [0.29, 0.717) is 39.4 Å². The molecule has 0 aromatic heterocycles. The quantitative estimate of drug-likeness (QED) is 0.799. The lowest BCUT2D eigenvalue weighted by Gasteiger charge is -2.40. The van der Waals surface area contributed by atoms with Gasteiger partial charge in [-0.1, -0.05) is 18.2 Å². The van der Waals surface area contributed by atoms with Crippen LogP contribution in [-0.4, -0.2) is 66.8 Å². The standard InChI is InChI=1S/C21H28N2O4/c1-16-4-2-3-5-18(16)20(25)22-10-6-17(7-11-22)19(24)23-12-8-21(9-13-23)26-14-15-27-21/h2-5,17H,6-15H2,1H3. The topological polar surface area (TPSA) is 59.1 Å². The molecule has 2 amide bonds. The average Bonchev–Trinajstić information content (AvgIpc) is 3.16.